The van der Waals surface area contributed by atoms with Crippen LogP contribution >= 0.6 is 11.6 Å². The van der Waals surface area contributed by atoms with Crippen LogP contribution in [0.5, 0.6) is 0 Å². The molecule has 1 aromatic rings. The smallest absolute Gasteiger partial charge is 0.225 e. The van der Waals surface area contributed by atoms with Crippen molar-refractivity contribution in [2.24, 2.45) is 5.92 Å². The maximum atomic E-state index is 12.6. The second kappa shape index (κ2) is 8.16. The van der Waals surface area contributed by atoms with Gasteiger partial charge in [0, 0.05) is 43.7 Å². The minimum absolute atomic E-state index is 0.310. The van der Waals surface area contributed by atoms with Crippen molar-refractivity contribution in [1.29, 1.82) is 0 Å². The van der Waals surface area contributed by atoms with Crippen molar-refractivity contribution >= 4 is 17.5 Å². The predicted octanol–water partition coefficient (Wildman–Crippen LogP) is 3.61. The van der Waals surface area contributed by atoms with E-state index in [1.807, 2.05) is 12.1 Å². The molecule has 1 amide bonds. The number of halogens is 1. The van der Waals surface area contributed by atoms with Gasteiger partial charge in [0.05, 0.1) is 0 Å². The average Bonchev–Trinajstić information content (AvgIpc) is 2.62. The lowest BCUT2D eigenvalue weighted by atomic mass is 9.88. The highest BCUT2D eigenvalue weighted by atomic mass is 35.5. The molecule has 1 aromatic carbocycles. The zero-order valence-electron chi connectivity index (χ0n) is 13.8. The molecule has 1 heterocycles. The number of benzene rings is 1. The first-order chi connectivity index (χ1) is 11.2. The van der Waals surface area contributed by atoms with Crippen LogP contribution in [0.4, 0.5) is 0 Å². The van der Waals surface area contributed by atoms with Crippen LogP contribution in [0.1, 0.15) is 37.7 Å². The van der Waals surface area contributed by atoms with E-state index in [9.17, 15) is 4.79 Å². The van der Waals surface area contributed by atoms with Gasteiger partial charge in [-0.15, -0.1) is 0 Å². The lowest BCUT2D eigenvalue weighted by Gasteiger charge is -2.37. The Labute approximate surface area is 144 Å². The molecular weight excluding hydrogens is 308 g/mol. The van der Waals surface area contributed by atoms with Gasteiger partial charge in [0.25, 0.3) is 0 Å². The van der Waals surface area contributed by atoms with Crippen LogP contribution in [0, 0.1) is 5.92 Å². The molecule has 0 bridgehead atoms. The molecule has 2 fully saturated rings. The van der Waals surface area contributed by atoms with Crippen LogP contribution in [0.15, 0.2) is 24.3 Å². The van der Waals surface area contributed by atoms with E-state index in [1.165, 1.54) is 24.8 Å². The molecule has 0 unspecified atom stereocenters. The summed E-state index contributed by atoms with van der Waals surface area (Å²) < 4.78 is 0. The summed E-state index contributed by atoms with van der Waals surface area (Å²) in [6.45, 7) is 4.87. The van der Waals surface area contributed by atoms with Gasteiger partial charge in [-0.25, -0.2) is 0 Å². The fourth-order valence-corrected chi connectivity index (χ4v) is 3.86. The Hall–Kier alpha value is -1.06. The lowest BCUT2D eigenvalue weighted by molar-refractivity contribution is -0.138. The summed E-state index contributed by atoms with van der Waals surface area (Å²) in [6, 6.07) is 8.12. The average molecular weight is 335 g/mol. The number of amides is 1. The van der Waals surface area contributed by atoms with Crippen LogP contribution in [0.2, 0.25) is 5.02 Å². The third kappa shape index (κ3) is 4.71. The van der Waals surface area contributed by atoms with Crippen molar-refractivity contribution in [1.82, 2.24) is 9.80 Å². The molecule has 23 heavy (non-hydrogen) atoms. The molecule has 2 aliphatic rings. The third-order valence-corrected chi connectivity index (χ3v) is 5.52. The first-order valence-electron chi connectivity index (χ1n) is 8.98. The molecule has 1 aliphatic heterocycles. The normalized spacial score (nSPS) is 20.7. The van der Waals surface area contributed by atoms with E-state index in [0.717, 1.165) is 57.0 Å². The number of rotatable bonds is 4. The standard InChI is InChI=1S/C19H27ClN2O/c20-18-8-6-16(7-9-18)10-11-21-12-14-22(15-13-21)19(23)17-4-2-1-3-5-17/h6-9,17H,1-5,10-15H2. The van der Waals surface area contributed by atoms with Gasteiger partial charge in [-0.1, -0.05) is 43.0 Å². The Morgan fingerprint density at radius 3 is 2.30 bits per heavy atom. The van der Waals surface area contributed by atoms with Gasteiger partial charge in [-0.05, 0) is 37.0 Å². The molecular formula is C19H27ClN2O. The molecule has 4 heteroatoms. The van der Waals surface area contributed by atoms with Gasteiger partial charge in [-0.2, -0.15) is 0 Å². The first-order valence-corrected chi connectivity index (χ1v) is 9.36. The van der Waals surface area contributed by atoms with Crippen LogP contribution in [-0.2, 0) is 11.2 Å². The van der Waals surface area contributed by atoms with Crippen LogP contribution in [0.25, 0.3) is 0 Å². The fraction of sp³-hybridized carbons (Fsp3) is 0.632. The van der Waals surface area contributed by atoms with Gasteiger partial charge in [0.2, 0.25) is 5.91 Å². The second-order valence-corrected chi connectivity index (χ2v) is 7.31. The number of piperazine rings is 1. The number of carbonyl (C=O) groups excluding carboxylic acids is 1. The Kier molecular flexibility index (Phi) is 5.96. The van der Waals surface area contributed by atoms with Gasteiger partial charge in [0.1, 0.15) is 0 Å². The van der Waals surface area contributed by atoms with Gasteiger partial charge < -0.3 is 4.90 Å². The quantitative estimate of drug-likeness (QED) is 0.839. The number of nitrogens with zero attached hydrogens (tertiary/aromatic N) is 2. The Bertz CT molecular complexity index is 503. The molecule has 0 aromatic heterocycles. The summed E-state index contributed by atoms with van der Waals surface area (Å²) in [4.78, 5) is 17.1. The van der Waals surface area contributed by atoms with Crippen molar-refractivity contribution in [2.45, 2.75) is 38.5 Å². The molecule has 3 rings (SSSR count). The minimum Gasteiger partial charge on any atom is -0.340 e. The second-order valence-electron chi connectivity index (χ2n) is 6.88. The van der Waals surface area contributed by atoms with Crippen molar-refractivity contribution in [3.63, 3.8) is 0 Å². The van der Waals surface area contributed by atoms with E-state index in [4.69, 9.17) is 11.6 Å². The summed E-state index contributed by atoms with van der Waals surface area (Å²) in [5.74, 6) is 0.728. The molecule has 126 valence electrons. The van der Waals surface area contributed by atoms with E-state index < -0.39 is 0 Å². The number of hydrogen-bond donors (Lipinski definition) is 0. The van der Waals surface area contributed by atoms with Crippen molar-refractivity contribution in [3.8, 4) is 0 Å². The Morgan fingerprint density at radius 1 is 1.00 bits per heavy atom. The molecule has 0 spiro atoms. The minimum atomic E-state index is 0.310. The zero-order valence-corrected chi connectivity index (χ0v) is 14.6. The number of hydrogen-bond acceptors (Lipinski definition) is 2. The number of carbonyl (C=O) groups is 1. The van der Waals surface area contributed by atoms with E-state index in [0.29, 0.717) is 11.8 Å². The molecule has 1 aliphatic carbocycles. The van der Waals surface area contributed by atoms with E-state index in [1.54, 1.807) is 0 Å². The van der Waals surface area contributed by atoms with Crippen molar-refractivity contribution in [2.75, 3.05) is 32.7 Å². The molecule has 1 saturated carbocycles. The summed E-state index contributed by atoms with van der Waals surface area (Å²) >= 11 is 5.92. The van der Waals surface area contributed by atoms with E-state index in [2.05, 4.69) is 21.9 Å². The molecule has 3 nitrogen and oxygen atoms in total. The Morgan fingerprint density at radius 2 is 1.65 bits per heavy atom. The van der Waals surface area contributed by atoms with Gasteiger partial charge in [-0.3, -0.25) is 9.69 Å². The van der Waals surface area contributed by atoms with Crippen molar-refractivity contribution in [3.05, 3.63) is 34.9 Å². The summed E-state index contributed by atoms with van der Waals surface area (Å²) in [5, 5.41) is 0.795. The highest BCUT2D eigenvalue weighted by molar-refractivity contribution is 6.30. The zero-order chi connectivity index (χ0) is 16.1. The monoisotopic (exact) mass is 334 g/mol. The highest BCUT2D eigenvalue weighted by Gasteiger charge is 2.28. The SMILES string of the molecule is O=C(C1CCCCC1)N1CCN(CCc2ccc(Cl)cc2)CC1. The lowest BCUT2D eigenvalue weighted by Crippen LogP contribution is -2.50. The summed E-state index contributed by atoms with van der Waals surface area (Å²) in [7, 11) is 0. The topological polar surface area (TPSA) is 23.6 Å². The van der Waals surface area contributed by atoms with Crippen LogP contribution in [-0.4, -0.2) is 48.4 Å². The molecule has 0 atom stereocenters. The largest absolute Gasteiger partial charge is 0.340 e. The summed E-state index contributed by atoms with van der Waals surface area (Å²) in [5.41, 5.74) is 1.33. The van der Waals surface area contributed by atoms with Crippen molar-refractivity contribution < 1.29 is 4.79 Å². The maximum absolute atomic E-state index is 12.6. The maximum Gasteiger partial charge on any atom is 0.225 e. The van der Waals surface area contributed by atoms with Crippen LogP contribution in [0.3, 0.4) is 0 Å². The third-order valence-electron chi connectivity index (χ3n) is 5.27. The Balaban J connectivity index is 1.41. The fourth-order valence-electron chi connectivity index (χ4n) is 3.74. The van der Waals surface area contributed by atoms with Crippen LogP contribution < -0.4 is 0 Å². The molecule has 1 saturated heterocycles. The van der Waals surface area contributed by atoms with Gasteiger partial charge in [0.15, 0.2) is 0 Å². The van der Waals surface area contributed by atoms with Gasteiger partial charge >= 0.3 is 0 Å². The van der Waals surface area contributed by atoms with E-state index in [-0.39, 0.29) is 0 Å². The molecule has 0 N–H and O–H groups in total. The highest BCUT2D eigenvalue weighted by Crippen LogP contribution is 2.25. The van der Waals surface area contributed by atoms with E-state index >= 15 is 0 Å². The summed E-state index contributed by atoms with van der Waals surface area (Å²) in [6.07, 6.45) is 7.04. The molecule has 0 radical (unpaired) electrons. The first kappa shape index (κ1) is 16.8. The predicted molar refractivity (Wildman–Crippen MR) is 94.8 cm³/mol.